The molecule has 4 aromatic rings. The van der Waals surface area contributed by atoms with Gasteiger partial charge in [-0.15, -0.1) is 9.73 Å². The molecule has 0 aliphatic carbocycles. The molecular weight excluding hydrogens is 420 g/mol. The summed E-state index contributed by atoms with van der Waals surface area (Å²) in [7, 11) is 0. The summed E-state index contributed by atoms with van der Waals surface area (Å²) >= 11 is 3.43. The molecule has 0 fully saturated rings. The van der Waals surface area contributed by atoms with E-state index in [0.717, 1.165) is 15.6 Å². The van der Waals surface area contributed by atoms with Gasteiger partial charge in [-0.25, -0.2) is 4.79 Å². The molecule has 6 nitrogen and oxygen atoms in total. The molecule has 140 valence electrons. The standard InChI is InChI=1S/C21H17BrN4O2/c1-14(15-6-3-2-4-7-15)28-21(27)24-20-18-8-5-13-23-26(18)25-19(20)16-9-11-17(22)12-10-16/h2-14H,1H3,(H,24,27)/t14-/m1/s1. The minimum atomic E-state index is -0.548. The SMILES string of the molecule is C[C@@H](OC(=O)Nc1c(-c2ccc(Br)cc2)nn2ncccc12)c1ccccc1. The third-order valence-corrected chi connectivity index (χ3v) is 4.85. The number of anilines is 1. The van der Waals surface area contributed by atoms with Gasteiger partial charge in [-0.3, -0.25) is 5.32 Å². The van der Waals surface area contributed by atoms with E-state index < -0.39 is 6.09 Å². The highest BCUT2D eigenvalue weighted by Crippen LogP contribution is 2.32. The fraction of sp³-hybridized carbons (Fsp3) is 0.0952. The van der Waals surface area contributed by atoms with Crippen LogP contribution in [-0.4, -0.2) is 20.9 Å². The van der Waals surface area contributed by atoms with E-state index in [0.29, 0.717) is 16.9 Å². The molecule has 2 aromatic carbocycles. The quantitative estimate of drug-likeness (QED) is 0.460. The molecule has 0 spiro atoms. The molecule has 1 atom stereocenters. The summed E-state index contributed by atoms with van der Waals surface area (Å²) < 4.78 is 8.01. The Kier molecular flexibility index (Phi) is 5.08. The summed E-state index contributed by atoms with van der Waals surface area (Å²) in [5.74, 6) is 0. The Labute approximate surface area is 170 Å². The van der Waals surface area contributed by atoms with Crippen molar-refractivity contribution in [2.45, 2.75) is 13.0 Å². The Morgan fingerprint density at radius 1 is 1.07 bits per heavy atom. The van der Waals surface area contributed by atoms with E-state index in [9.17, 15) is 4.79 Å². The van der Waals surface area contributed by atoms with Crippen molar-refractivity contribution < 1.29 is 9.53 Å². The average molecular weight is 437 g/mol. The second-order valence-corrected chi connectivity index (χ2v) is 7.13. The molecule has 0 bridgehead atoms. The second kappa shape index (κ2) is 7.82. The van der Waals surface area contributed by atoms with Gasteiger partial charge in [0.05, 0.1) is 5.69 Å². The molecule has 7 heteroatoms. The Morgan fingerprint density at radius 2 is 1.82 bits per heavy atom. The minimum absolute atomic E-state index is 0.378. The first-order valence-corrected chi connectivity index (χ1v) is 9.53. The number of hydrogen-bond acceptors (Lipinski definition) is 4. The summed E-state index contributed by atoms with van der Waals surface area (Å²) in [4.78, 5) is 12.6. The number of halogens is 1. The summed E-state index contributed by atoms with van der Waals surface area (Å²) in [5, 5.41) is 11.6. The van der Waals surface area contributed by atoms with Crippen LogP contribution in [0.25, 0.3) is 16.8 Å². The number of nitrogens with one attached hydrogen (secondary N) is 1. The lowest BCUT2D eigenvalue weighted by Gasteiger charge is -2.14. The van der Waals surface area contributed by atoms with Gasteiger partial charge in [-0.1, -0.05) is 58.4 Å². The number of ether oxygens (including phenoxy) is 1. The van der Waals surface area contributed by atoms with E-state index in [1.807, 2.05) is 67.6 Å². The average Bonchev–Trinajstić information content (AvgIpc) is 3.07. The summed E-state index contributed by atoms with van der Waals surface area (Å²) in [6, 6.07) is 20.9. The van der Waals surface area contributed by atoms with E-state index >= 15 is 0 Å². The Bertz CT molecular complexity index is 1110. The third-order valence-electron chi connectivity index (χ3n) is 4.32. The largest absolute Gasteiger partial charge is 0.441 e. The van der Waals surface area contributed by atoms with Crippen LogP contribution < -0.4 is 5.32 Å². The predicted molar refractivity (Wildman–Crippen MR) is 111 cm³/mol. The van der Waals surface area contributed by atoms with Crippen molar-refractivity contribution in [1.82, 2.24) is 14.8 Å². The molecule has 0 radical (unpaired) electrons. The van der Waals surface area contributed by atoms with Gasteiger partial charge in [0.2, 0.25) is 0 Å². The third kappa shape index (κ3) is 3.75. The number of amides is 1. The monoisotopic (exact) mass is 436 g/mol. The van der Waals surface area contributed by atoms with Crippen LogP contribution in [0.15, 0.2) is 77.4 Å². The maximum atomic E-state index is 12.6. The number of benzene rings is 2. The zero-order valence-electron chi connectivity index (χ0n) is 15.0. The van der Waals surface area contributed by atoms with Crippen molar-refractivity contribution >= 4 is 33.2 Å². The molecule has 0 aliphatic rings. The number of fused-ring (bicyclic) bond motifs is 1. The Morgan fingerprint density at radius 3 is 2.57 bits per heavy atom. The van der Waals surface area contributed by atoms with E-state index in [4.69, 9.17) is 4.74 Å². The first-order chi connectivity index (χ1) is 13.6. The van der Waals surface area contributed by atoms with E-state index in [1.54, 1.807) is 12.3 Å². The molecular formula is C21H17BrN4O2. The molecule has 1 amide bonds. The van der Waals surface area contributed by atoms with Crippen LogP contribution in [0.4, 0.5) is 10.5 Å². The van der Waals surface area contributed by atoms with Crippen LogP contribution in [-0.2, 0) is 4.74 Å². The lowest BCUT2D eigenvalue weighted by molar-refractivity contribution is 0.121. The van der Waals surface area contributed by atoms with Gasteiger partial charge in [0.1, 0.15) is 17.3 Å². The molecule has 28 heavy (non-hydrogen) atoms. The molecule has 2 heterocycles. The van der Waals surface area contributed by atoms with Gasteiger partial charge in [0.25, 0.3) is 0 Å². The highest BCUT2D eigenvalue weighted by molar-refractivity contribution is 9.10. The highest BCUT2D eigenvalue weighted by Gasteiger charge is 2.19. The summed E-state index contributed by atoms with van der Waals surface area (Å²) in [6.45, 7) is 1.84. The van der Waals surface area contributed by atoms with E-state index in [2.05, 4.69) is 31.4 Å². The van der Waals surface area contributed by atoms with Crippen LogP contribution in [0.5, 0.6) is 0 Å². The Balaban J connectivity index is 1.64. The molecule has 4 rings (SSSR count). The number of carbonyl (C=O) groups is 1. The van der Waals surface area contributed by atoms with Crippen molar-refractivity contribution in [3.8, 4) is 11.3 Å². The molecule has 0 saturated heterocycles. The van der Waals surface area contributed by atoms with Gasteiger partial charge in [0, 0.05) is 16.2 Å². The van der Waals surface area contributed by atoms with Crippen molar-refractivity contribution in [1.29, 1.82) is 0 Å². The van der Waals surface area contributed by atoms with Crippen LogP contribution in [0.2, 0.25) is 0 Å². The van der Waals surface area contributed by atoms with Gasteiger partial charge in [-0.05, 0) is 36.8 Å². The van der Waals surface area contributed by atoms with Crippen LogP contribution in [0.3, 0.4) is 0 Å². The van der Waals surface area contributed by atoms with Crippen molar-refractivity contribution in [2.24, 2.45) is 0 Å². The van der Waals surface area contributed by atoms with Gasteiger partial charge in [-0.2, -0.15) is 5.10 Å². The smallest absolute Gasteiger partial charge is 0.412 e. The number of hydrogen-bond donors (Lipinski definition) is 1. The summed E-state index contributed by atoms with van der Waals surface area (Å²) in [6.07, 6.45) is 0.719. The van der Waals surface area contributed by atoms with Gasteiger partial charge < -0.3 is 4.74 Å². The van der Waals surface area contributed by atoms with Crippen LogP contribution >= 0.6 is 15.9 Å². The highest BCUT2D eigenvalue weighted by atomic mass is 79.9. The zero-order valence-corrected chi connectivity index (χ0v) is 16.6. The van der Waals surface area contributed by atoms with Crippen molar-refractivity contribution in [2.75, 3.05) is 5.32 Å². The lowest BCUT2D eigenvalue weighted by atomic mass is 10.1. The fourth-order valence-corrected chi connectivity index (χ4v) is 3.18. The van der Waals surface area contributed by atoms with Crippen molar-refractivity contribution in [3.63, 3.8) is 0 Å². The number of aromatic nitrogens is 3. The topological polar surface area (TPSA) is 68.5 Å². The molecule has 2 aromatic heterocycles. The predicted octanol–water partition coefficient (Wildman–Crippen LogP) is 5.47. The number of nitrogens with zero attached hydrogens (tertiary/aromatic N) is 3. The molecule has 1 N–H and O–H groups in total. The Hall–Kier alpha value is -3.19. The molecule has 0 saturated carbocycles. The normalized spacial score (nSPS) is 11.9. The second-order valence-electron chi connectivity index (χ2n) is 6.21. The van der Waals surface area contributed by atoms with E-state index in [-0.39, 0.29) is 6.10 Å². The van der Waals surface area contributed by atoms with E-state index in [1.165, 1.54) is 4.63 Å². The number of rotatable bonds is 4. The molecule has 0 unspecified atom stereocenters. The fourth-order valence-electron chi connectivity index (χ4n) is 2.91. The summed E-state index contributed by atoms with van der Waals surface area (Å²) in [5.41, 5.74) is 3.65. The van der Waals surface area contributed by atoms with Crippen LogP contribution in [0.1, 0.15) is 18.6 Å². The lowest BCUT2D eigenvalue weighted by Crippen LogP contribution is -2.16. The zero-order chi connectivity index (χ0) is 19.5. The maximum Gasteiger partial charge on any atom is 0.412 e. The van der Waals surface area contributed by atoms with Gasteiger partial charge in [0.15, 0.2) is 0 Å². The molecule has 0 aliphatic heterocycles. The minimum Gasteiger partial charge on any atom is -0.441 e. The number of carbonyl (C=O) groups excluding carboxylic acids is 1. The maximum absolute atomic E-state index is 12.6. The van der Waals surface area contributed by atoms with Crippen LogP contribution in [0, 0.1) is 0 Å². The first-order valence-electron chi connectivity index (χ1n) is 8.74. The first kappa shape index (κ1) is 18.2. The van der Waals surface area contributed by atoms with Gasteiger partial charge >= 0.3 is 6.09 Å². The van der Waals surface area contributed by atoms with Crippen molar-refractivity contribution in [3.05, 3.63) is 83.0 Å².